The third kappa shape index (κ3) is 1.44. The van der Waals surface area contributed by atoms with Crippen molar-refractivity contribution in [3.8, 4) is 0 Å². The zero-order valence-corrected chi connectivity index (χ0v) is 9.61. The number of hydrogen-bond acceptors (Lipinski definition) is 2. The minimum absolute atomic E-state index is 0.172. The van der Waals surface area contributed by atoms with Crippen molar-refractivity contribution in [2.24, 2.45) is 0 Å². The molecule has 1 saturated heterocycles. The van der Waals surface area contributed by atoms with Crippen LogP contribution in [-0.4, -0.2) is 32.3 Å². The SMILES string of the molecule is O=C1C(c2ccccc2)=S=C2SCCN12. The maximum absolute atomic E-state index is 12.0. The van der Waals surface area contributed by atoms with E-state index < -0.39 is 0 Å². The summed E-state index contributed by atoms with van der Waals surface area (Å²) >= 11 is 1.78. The van der Waals surface area contributed by atoms with Crippen molar-refractivity contribution >= 4 is 37.8 Å². The number of hydrogen-bond donors (Lipinski definition) is 0. The van der Waals surface area contributed by atoms with Crippen molar-refractivity contribution in [2.45, 2.75) is 0 Å². The average Bonchev–Trinajstić information content (AvgIpc) is 2.83. The molecule has 0 radical (unpaired) electrons. The average molecular weight is 235 g/mol. The molecule has 15 heavy (non-hydrogen) atoms. The molecule has 3 rings (SSSR count). The Morgan fingerprint density at radius 2 is 2.00 bits per heavy atom. The molecule has 2 aliphatic heterocycles. The summed E-state index contributed by atoms with van der Waals surface area (Å²) in [4.78, 5) is 14.8. The number of thioether (sulfide) groups is 1. The van der Waals surface area contributed by atoms with E-state index in [2.05, 4.69) is 0 Å². The van der Waals surface area contributed by atoms with Crippen LogP contribution in [0.15, 0.2) is 30.3 Å². The summed E-state index contributed by atoms with van der Waals surface area (Å²) in [5.41, 5.74) is 1.04. The lowest BCUT2D eigenvalue weighted by Crippen LogP contribution is -2.32. The van der Waals surface area contributed by atoms with E-state index in [1.54, 1.807) is 22.7 Å². The molecule has 2 aliphatic rings. The van der Waals surface area contributed by atoms with E-state index in [4.69, 9.17) is 0 Å². The Labute approximate surface area is 95.8 Å². The van der Waals surface area contributed by atoms with Crippen LogP contribution in [0.2, 0.25) is 0 Å². The fourth-order valence-corrected chi connectivity index (χ4v) is 4.11. The first kappa shape index (κ1) is 9.24. The van der Waals surface area contributed by atoms with Crippen LogP contribution in [0.25, 0.3) is 0 Å². The molecule has 0 saturated carbocycles. The van der Waals surface area contributed by atoms with Crippen LogP contribution in [0.3, 0.4) is 0 Å². The lowest BCUT2D eigenvalue weighted by Gasteiger charge is -2.10. The standard InChI is InChI=1S/C11H9NOS2/c13-10-9(8-4-2-1-3-5-8)15-11-12(10)6-7-14-11/h1-5H,6-7H2. The minimum Gasteiger partial charge on any atom is -0.293 e. The second-order valence-corrected chi connectivity index (χ2v) is 5.71. The van der Waals surface area contributed by atoms with Gasteiger partial charge in [-0.2, -0.15) is 0 Å². The van der Waals surface area contributed by atoms with E-state index in [0.29, 0.717) is 0 Å². The first-order valence-corrected chi connectivity index (χ1v) is 6.58. The Hall–Kier alpha value is -1.00. The first-order chi connectivity index (χ1) is 7.36. The molecule has 0 N–H and O–H groups in total. The monoisotopic (exact) mass is 235 g/mol. The Kier molecular flexibility index (Phi) is 2.18. The third-order valence-electron chi connectivity index (χ3n) is 2.43. The van der Waals surface area contributed by atoms with Gasteiger partial charge in [-0.15, -0.1) is 10.9 Å². The van der Waals surface area contributed by atoms with Crippen molar-refractivity contribution in [3.05, 3.63) is 35.9 Å². The highest BCUT2D eigenvalue weighted by Gasteiger charge is 2.32. The molecule has 1 fully saturated rings. The highest BCUT2D eigenvalue weighted by molar-refractivity contribution is 8.27. The molecule has 0 aromatic heterocycles. The minimum atomic E-state index is 0.172. The molecule has 1 aromatic rings. The lowest BCUT2D eigenvalue weighted by molar-refractivity contribution is -0.119. The molecule has 0 unspecified atom stereocenters. The summed E-state index contributed by atoms with van der Waals surface area (Å²) in [5.74, 6) is 1.21. The van der Waals surface area contributed by atoms with Gasteiger partial charge in [-0.25, -0.2) is 0 Å². The molecular formula is C11H9NOS2. The Balaban J connectivity index is 2.08. The van der Waals surface area contributed by atoms with Gasteiger partial charge < -0.3 is 0 Å². The van der Waals surface area contributed by atoms with E-state index in [-0.39, 0.29) is 5.91 Å². The Morgan fingerprint density at radius 1 is 1.20 bits per heavy atom. The lowest BCUT2D eigenvalue weighted by atomic mass is 10.1. The molecule has 0 bridgehead atoms. The predicted molar refractivity (Wildman–Crippen MR) is 67.3 cm³/mol. The molecule has 4 heteroatoms. The van der Waals surface area contributed by atoms with Gasteiger partial charge in [0, 0.05) is 12.3 Å². The van der Waals surface area contributed by atoms with Crippen LogP contribution in [0.1, 0.15) is 5.56 Å². The molecule has 0 aliphatic carbocycles. The maximum Gasteiger partial charge on any atom is 0.270 e. The number of amides is 1. The van der Waals surface area contributed by atoms with Gasteiger partial charge in [-0.1, -0.05) is 42.1 Å². The number of carbonyl (C=O) groups is 1. The number of rotatable bonds is 1. The van der Waals surface area contributed by atoms with Crippen molar-refractivity contribution in [1.29, 1.82) is 0 Å². The van der Waals surface area contributed by atoms with Crippen molar-refractivity contribution in [2.75, 3.05) is 12.3 Å². The highest BCUT2D eigenvalue weighted by Crippen LogP contribution is 2.25. The number of carbonyl (C=O) groups excluding carboxylic acids is 1. The van der Waals surface area contributed by atoms with Crippen LogP contribution in [-0.2, 0) is 4.79 Å². The van der Waals surface area contributed by atoms with Gasteiger partial charge in [0.25, 0.3) is 5.91 Å². The van der Waals surface area contributed by atoms with Gasteiger partial charge in [-0.3, -0.25) is 9.69 Å². The summed E-state index contributed by atoms with van der Waals surface area (Å²) in [6.07, 6.45) is 0. The maximum atomic E-state index is 12.0. The van der Waals surface area contributed by atoms with Gasteiger partial charge in [0.1, 0.15) is 9.19 Å². The van der Waals surface area contributed by atoms with Crippen LogP contribution in [0, 0.1) is 0 Å². The van der Waals surface area contributed by atoms with Crippen LogP contribution in [0.4, 0.5) is 0 Å². The fraction of sp³-hybridized carbons (Fsp3) is 0.182. The van der Waals surface area contributed by atoms with Gasteiger partial charge in [0.05, 0.1) is 0 Å². The Bertz CT molecular complexity index is 489. The van der Waals surface area contributed by atoms with Gasteiger partial charge in [0.2, 0.25) is 0 Å². The summed E-state index contributed by atoms with van der Waals surface area (Å²) < 4.78 is 1.15. The largest absolute Gasteiger partial charge is 0.293 e. The molecule has 76 valence electrons. The van der Waals surface area contributed by atoms with Crippen molar-refractivity contribution in [3.63, 3.8) is 0 Å². The Morgan fingerprint density at radius 3 is 2.73 bits per heavy atom. The van der Waals surface area contributed by atoms with Crippen molar-refractivity contribution in [1.82, 2.24) is 4.90 Å². The zero-order chi connectivity index (χ0) is 10.3. The van der Waals surface area contributed by atoms with E-state index in [1.807, 2.05) is 35.2 Å². The second-order valence-electron chi connectivity index (χ2n) is 3.37. The molecule has 1 aromatic carbocycles. The summed E-state index contributed by atoms with van der Waals surface area (Å²) in [6.45, 7) is 0.863. The third-order valence-corrected chi connectivity index (χ3v) is 4.89. The van der Waals surface area contributed by atoms with Crippen molar-refractivity contribution < 1.29 is 4.79 Å². The second kappa shape index (κ2) is 3.54. The predicted octanol–water partition coefficient (Wildman–Crippen LogP) is 1.62. The van der Waals surface area contributed by atoms with Crippen LogP contribution < -0.4 is 0 Å². The summed E-state index contributed by atoms with van der Waals surface area (Å²) in [5, 5.41) is 0. The number of benzene rings is 1. The topological polar surface area (TPSA) is 20.3 Å². The normalized spacial score (nSPS) is 19.5. The molecular weight excluding hydrogens is 226 g/mol. The molecule has 1 amide bonds. The number of nitrogens with zero attached hydrogens (tertiary/aromatic N) is 1. The van der Waals surface area contributed by atoms with Gasteiger partial charge in [-0.05, 0) is 5.56 Å². The van der Waals surface area contributed by atoms with Crippen LogP contribution >= 0.6 is 22.7 Å². The fourth-order valence-electron chi connectivity index (χ4n) is 1.69. The molecule has 2 heterocycles. The van der Waals surface area contributed by atoms with Gasteiger partial charge >= 0.3 is 0 Å². The smallest absolute Gasteiger partial charge is 0.270 e. The van der Waals surface area contributed by atoms with Crippen LogP contribution in [0.5, 0.6) is 0 Å². The highest BCUT2D eigenvalue weighted by atomic mass is 32.2. The number of fused-ring (bicyclic) bond motifs is 1. The van der Waals surface area contributed by atoms with E-state index in [9.17, 15) is 4.79 Å². The quantitative estimate of drug-likeness (QED) is 0.689. The summed E-state index contributed by atoms with van der Waals surface area (Å²) in [7, 11) is 1.62. The summed E-state index contributed by atoms with van der Waals surface area (Å²) in [6, 6.07) is 9.90. The van der Waals surface area contributed by atoms with E-state index >= 15 is 0 Å². The van der Waals surface area contributed by atoms with E-state index in [0.717, 1.165) is 27.0 Å². The molecule has 2 nitrogen and oxygen atoms in total. The molecule has 0 atom stereocenters. The van der Waals surface area contributed by atoms with Gasteiger partial charge in [0.15, 0.2) is 0 Å². The van der Waals surface area contributed by atoms with E-state index in [1.165, 1.54) is 0 Å². The molecule has 0 spiro atoms. The first-order valence-electron chi connectivity index (χ1n) is 4.78. The zero-order valence-electron chi connectivity index (χ0n) is 7.97.